The predicted octanol–water partition coefficient (Wildman–Crippen LogP) is 2.07. The summed E-state index contributed by atoms with van der Waals surface area (Å²) in [5, 5.41) is 0. The SMILES string of the molecule is C=CC(=O)N1CC2(CCC2C(C)C)C1. The average Bonchev–Trinajstić information content (AvgIpc) is 1.98. The molecule has 0 bridgehead atoms. The summed E-state index contributed by atoms with van der Waals surface area (Å²) in [6, 6.07) is 0. The van der Waals surface area contributed by atoms with Crippen molar-refractivity contribution < 1.29 is 4.79 Å². The van der Waals surface area contributed by atoms with Crippen LogP contribution in [0.15, 0.2) is 12.7 Å². The Morgan fingerprint density at radius 2 is 2.21 bits per heavy atom. The normalized spacial score (nSPS) is 28.5. The molecule has 1 unspecified atom stereocenters. The molecule has 0 aromatic rings. The molecule has 2 fully saturated rings. The van der Waals surface area contributed by atoms with Gasteiger partial charge in [0, 0.05) is 18.5 Å². The number of carbonyl (C=O) groups is 1. The molecule has 2 nitrogen and oxygen atoms in total. The fraction of sp³-hybridized carbons (Fsp3) is 0.750. The number of nitrogens with zero attached hydrogens (tertiary/aromatic N) is 1. The summed E-state index contributed by atoms with van der Waals surface area (Å²) < 4.78 is 0. The van der Waals surface area contributed by atoms with Gasteiger partial charge in [-0.2, -0.15) is 0 Å². The van der Waals surface area contributed by atoms with Gasteiger partial charge < -0.3 is 4.90 Å². The van der Waals surface area contributed by atoms with E-state index in [0.717, 1.165) is 24.9 Å². The minimum atomic E-state index is 0.102. The van der Waals surface area contributed by atoms with E-state index in [1.165, 1.54) is 18.9 Å². The molecule has 0 aromatic carbocycles. The average molecular weight is 193 g/mol. The molecule has 78 valence electrons. The highest BCUT2D eigenvalue weighted by molar-refractivity contribution is 5.87. The molecule has 0 N–H and O–H groups in total. The molecular formula is C12H19NO. The first-order valence-electron chi connectivity index (χ1n) is 5.50. The molecule has 2 rings (SSSR count). The highest BCUT2D eigenvalue weighted by atomic mass is 16.2. The summed E-state index contributed by atoms with van der Waals surface area (Å²) >= 11 is 0. The molecule has 1 aliphatic heterocycles. The van der Waals surface area contributed by atoms with Crippen LogP contribution in [0.5, 0.6) is 0 Å². The van der Waals surface area contributed by atoms with E-state index >= 15 is 0 Å². The van der Waals surface area contributed by atoms with Crippen molar-refractivity contribution in [3.05, 3.63) is 12.7 Å². The van der Waals surface area contributed by atoms with Crippen LogP contribution in [0.3, 0.4) is 0 Å². The minimum absolute atomic E-state index is 0.102. The van der Waals surface area contributed by atoms with E-state index in [1.807, 2.05) is 4.90 Å². The van der Waals surface area contributed by atoms with Gasteiger partial charge in [-0.05, 0) is 30.8 Å². The molecule has 1 spiro atoms. The lowest BCUT2D eigenvalue weighted by Crippen LogP contribution is -2.66. The van der Waals surface area contributed by atoms with Crippen LogP contribution in [-0.2, 0) is 4.79 Å². The van der Waals surface area contributed by atoms with Crippen molar-refractivity contribution in [1.29, 1.82) is 0 Å². The van der Waals surface area contributed by atoms with E-state index < -0.39 is 0 Å². The minimum Gasteiger partial charge on any atom is -0.338 e. The Kier molecular flexibility index (Phi) is 2.17. The van der Waals surface area contributed by atoms with Gasteiger partial charge in [-0.25, -0.2) is 0 Å². The van der Waals surface area contributed by atoms with Gasteiger partial charge in [0.1, 0.15) is 0 Å². The van der Waals surface area contributed by atoms with Gasteiger partial charge in [0.25, 0.3) is 0 Å². The Hall–Kier alpha value is -0.790. The maximum atomic E-state index is 11.3. The molecule has 1 heterocycles. The zero-order valence-electron chi connectivity index (χ0n) is 9.12. The number of hydrogen-bond donors (Lipinski definition) is 0. The molecule has 2 heteroatoms. The Bertz CT molecular complexity index is 263. The first kappa shape index (κ1) is 9.75. The van der Waals surface area contributed by atoms with Gasteiger partial charge in [0.15, 0.2) is 0 Å². The van der Waals surface area contributed by atoms with Crippen molar-refractivity contribution in [3.63, 3.8) is 0 Å². The molecule has 1 saturated carbocycles. The molecule has 0 aromatic heterocycles. The number of amides is 1. The Labute approximate surface area is 86.0 Å². The first-order chi connectivity index (χ1) is 6.59. The Balaban J connectivity index is 1.92. The molecule has 0 radical (unpaired) electrons. The summed E-state index contributed by atoms with van der Waals surface area (Å²) in [5.74, 6) is 1.71. The van der Waals surface area contributed by atoms with Crippen LogP contribution in [0.1, 0.15) is 26.7 Å². The second kappa shape index (κ2) is 3.11. The third kappa shape index (κ3) is 1.20. The molecule has 1 saturated heterocycles. The monoisotopic (exact) mass is 193 g/mol. The molecule has 1 atom stereocenters. The highest BCUT2D eigenvalue weighted by Gasteiger charge is 2.55. The maximum absolute atomic E-state index is 11.3. The first-order valence-corrected chi connectivity index (χ1v) is 5.50. The van der Waals surface area contributed by atoms with Crippen molar-refractivity contribution in [2.45, 2.75) is 26.7 Å². The lowest BCUT2D eigenvalue weighted by Gasteiger charge is -2.62. The van der Waals surface area contributed by atoms with Gasteiger partial charge in [0.2, 0.25) is 5.91 Å². The standard InChI is InChI=1S/C12H19NO/c1-4-11(14)13-7-12(8-13)6-5-10(12)9(2)3/h4,9-10H,1,5-8H2,2-3H3. The highest BCUT2D eigenvalue weighted by Crippen LogP contribution is 2.55. The van der Waals surface area contributed by atoms with Crippen molar-refractivity contribution in [2.24, 2.45) is 17.3 Å². The lowest BCUT2D eigenvalue weighted by molar-refractivity contribution is -0.160. The summed E-state index contributed by atoms with van der Waals surface area (Å²) in [5.41, 5.74) is 0.493. The van der Waals surface area contributed by atoms with Gasteiger partial charge in [-0.1, -0.05) is 20.4 Å². The third-order valence-electron chi connectivity index (χ3n) is 4.04. The summed E-state index contributed by atoms with van der Waals surface area (Å²) in [6.07, 6.45) is 4.10. The number of carbonyl (C=O) groups excluding carboxylic acids is 1. The van der Waals surface area contributed by atoms with E-state index in [2.05, 4.69) is 20.4 Å². The molecule has 14 heavy (non-hydrogen) atoms. The Morgan fingerprint density at radius 3 is 2.57 bits per heavy atom. The maximum Gasteiger partial charge on any atom is 0.245 e. The topological polar surface area (TPSA) is 20.3 Å². The zero-order valence-corrected chi connectivity index (χ0v) is 9.12. The van der Waals surface area contributed by atoms with Crippen LogP contribution < -0.4 is 0 Å². The van der Waals surface area contributed by atoms with Crippen molar-refractivity contribution in [3.8, 4) is 0 Å². The van der Waals surface area contributed by atoms with E-state index in [1.54, 1.807) is 0 Å². The zero-order chi connectivity index (χ0) is 10.3. The number of hydrogen-bond acceptors (Lipinski definition) is 1. The lowest BCUT2D eigenvalue weighted by atomic mass is 9.52. The van der Waals surface area contributed by atoms with E-state index in [9.17, 15) is 4.79 Å². The van der Waals surface area contributed by atoms with Crippen LogP contribution in [0, 0.1) is 17.3 Å². The molecule has 2 aliphatic rings. The molecular weight excluding hydrogens is 174 g/mol. The van der Waals surface area contributed by atoms with Crippen LogP contribution in [-0.4, -0.2) is 23.9 Å². The largest absolute Gasteiger partial charge is 0.338 e. The van der Waals surface area contributed by atoms with Gasteiger partial charge in [0.05, 0.1) is 0 Å². The third-order valence-corrected chi connectivity index (χ3v) is 4.04. The summed E-state index contributed by atoms with van der Waals surface area (Å²) in [7, 11) is 0. The van der Waals surface area contributed by atoms with E-state index in [0.29, 0.717) is 5.41 Å². The van der Waals surface area contributed by atoms with Crippen molar-refractivity contribution in [2.75, 3.05) is 13.1 Å². The van der Waals surface area contributed by atoms with Crippen molar-refractivity contribution >= 4 is 5.91 Å². The van der Waals surface area contributed by atoms with Crippen LogP contribution in [0.2, 0.25) is 0 Å². The Morgan fingerprint density at radius 1 is 1.57 bits per heavy atom. The number of rotatable bonds is 2. The summed E-state index contributed by atoms with van der Waals surface area (Å²) in [4.78, 5) is 13.2. The second-order valence-corrected chi connectivity index (χ2v) is 5.15. The smallest absolute Gasteiger partial charge is 0.245 e. The van der Waals surface area contributed by atoms with Gasteiger partial charge >= 0.3 is 0 Å². The number of likely N-dealkylation sites (tertiary alicyclic amines) is 1. The van der Waals surface area contributed by atoms with Crippen LogP contribution >= 0.6 is 0 Å². The predicted molar refractivity (Wildman–Crippen MR) is 56.8 cm³/mol. The second-order valence-electron chi connectivity index (χ2n) is 5.15. The van der Waals surface area contributed by atoms with Gasteiger partial charge in [-0.3, -0.25) is 4.79 Å². The molecule has 1 amide bonds. The fourth-order valence-corrected chi connectivity index (χ4v) is 3.15. The van der Waals surface area contributed by atoms with Crippen LogP contribution in [0.25, 0.3) is 0 Å². The quantitative estimate of drug-likeness (QED) is 0.615. The molecule has 1 aliphatic carbocycles. The van der Waals surface area contributed by atoms with Crippen LogP contribution in [0.4, 0.5) is 0 Å². The van der Waals surface area contributed by atoms with E-state index in [-0.39, 0.29) is 5.91 Å². The summed E-state index contributed by atoms with van der Waals surface area (Å²) in [6.45, 7) is 10.1. The van der Waals surface area contributed by atoms with E-state index in [4.69, 9.17) is 0 Å². The fourth-order valence-electron chi connectivity index (χ4n) is 3.15. The van der Waals surface area contributed by atoms with Gasteiger partial charge in [-0.15, -0.1) is 0 Å². The van der Waals surface area contributed by atoms with Crippen molar-refractivity contribution in [1.82, 2.24) is 4.90 Å².